The first-order chi connectivity index (χ1) is 20.4. The van der Waals surface area contributed by atoms with Crippen LogP contribution in [0.2, 0.25) is 5.02 Å². The number of anilines is 1. The topological polar surface area (TPSA) is 148 Å². The summed E-state index contributed by atoms with van der Waals surface area (Å²) in [5.41, 5.74) is -0.434. The van der Waals surface area contributed by atoms with E-state index in [1.165, 1.54) is 23.9 Å². The third-order valence-corrected chi connectivity index (χ3v) is 8.31. The van der Waals surface area contributed by atoms with Gasteiger partial charge in [-0.3, -0.25) is 14.3 Å². The summed E-state index contributed by atoms with van der Waals surface area (Å²) in [7, 11) is -3.96. The van der Waals surface area contributed by atoms with Gasteiger partial charge in [-0.1, -0.05) is 30.7 Å². The molecule has 0 saturated heterocycles. The molecule has 0 saturated carbocycles. The molecule has 4 aromatic rings. The molecule has 2 unspecified atom stereocenters. The van der Waals surface area contributed by atoms with Gasteiger partial charge in [0.1, 0.15) is 30.4 Å². The van der Waals surface area contributed by atoms with Crippen LogP contribution in [0.15, 0.2) is 54.9 Å². The number of aliphatic hydroxyl groups excluding tert-OH is 2. The lowest BCUT2D eigenvalue weighted by Crippen LogP contribution is -2.32. The van der Waals surface area contributed by atoms with Crippen molar-refractivity contribution in [1.82, 2.24) is 9.55 Å². The molecule has 0 amide bonds. The minimum atomic E-state index is -3.96. The fraction of sp³-hybridized carbons (Fsp3) is 0.276. The van der Waals surface area contributed by atoms with Crippen LogP contribution in [0, 0.1) is 11.6 Å². The van der Waals surface area contributed by atoms with E-state index in [1.54, 1.807) is 37.3 Å². The van der Waals surface area contributed by atoms with Crippen LogP contribution in [-0.4, -0.2) is 64.8 Å². The Morgan fingerprint density at radius 1 is 1.12 bits per heavy atom. The number of ether oxygens (including phenoxy) is 1. The summed E-state index contributed by atoms with van der Waals surface area (Å²) in [5, 5.41) is 19.4. The molecule has 0 aliphatic heterocycles. The van der Waals surface area contributed by atoms with E-state index >= 15 is 8.78 Å². The van der Waals surface area contributed by atoms with Crippen LogP contribution < -0.4 is 4.72 Å². The molecule has 2 heterocycles. The minimum absolute atomic E-state index is 0.141. The van der Waals surface area contributed by atoms with Crippen molar-refractivity contribution < 1.29 is 41.7 Å². The normalized spacial score (nSPS) is 13.2. The van der Waals surface area contributed by atoms with Gasteiger partial charge < -0.3 is 19.5 Å². The second-order valence-corrected chi connectivity index (χ2v) is 11.9. The summed E-state index contributed by atoms with van der Waals surface area (Å²) in [5.74, 6) is -4.83. The number of sulfonamides is 1. The molecule has 0 aliphatic rings. The summed E-state index contributed by atoms with van der Waals surface area (Å²) in [6.45, 7) is 1.48. The van der Waals surface area contributed by atoms with Gasteiger partial charge in [-0.25, -0.2) is 22.2 Å². The van der Waals surface area contributed by atoms with Crippen LogP contribution in [0.5, 0.6) is 0 Å². The molecule has 0 radical (unpaired) electrons. The monoisotopic (exact) mass is 635 g/mol. The van der Waals surface area contributed by atoms with Gasteiger partial charge in [-0.2, -0.15) is 0 Å². The van der Waals surface area contributed by atoms with Crippen LogP contribution >= 0.6 is 11.6 Å². The van der Waals surface area contributed by atoms with Gasteiger partial charge in [0.2, 0.25) is 15.8 Å². The molecule has 3 N–H and O–H groups in total. The van der Waals surface area contributed by atoms with Gasteiger partial charge in [0.15, 0.2) is 11.6 Å². The molecule has 0 spiro atoms. The molecule has 2 aromatic heterocycles. The highest BCUT2D eigenvalue weighted by molar-refractivity contribution is 7.92. The predicted molar refractivity (Wildman–Crippen MR) is 156 cm³/mol. The Hall–Kier alpha value is -3.75. The Bertz CT molecular complexity index is 1780. The van der Waals surface area contributed by atoms with E-state index in [-0.39, 0.29) is 28.8 Å². The summed E-state index contributed by atoms with van der Waals surface area (Å²) >= 11 is 6.00. The number of aliphatic hydroxyl groups is 2. The van der Waals surface area contributed by atoms with Gasteiger partial charge in [-0.05, 0) is 49.2 Å². The number of Topliss-reactive ketones (excluding diaryl/α,β-unsaturated/α-hetero) is 1. The standard InChI is InChI=1S/C29H28ClF2N3O7S/c1-3-10-43(40,41)34-23-9-8-22(31)26(27(23)32)28(39)21-13-35(16(2)42-25(15-37)24(38)14-36)29-20(21)11-18(12-33-29)17-4-6-19(30)7-5-17/h4-9,11-13,16,25,34,36-37H,3,10,14-15H2,1-2H3. The van der Waals surface area contributed by atoms with Crippen molar-refractivity contribution >= 4 is 49.9 Å². The van der Waals surface area contributed by atoms with Crippen molar-refractivity contribution in [2.45, 2.75) is 32.6 Å². The number of halogens is 3. The van der Waals surface area contributed by atoms with Crippen LogP contribution in [0.3, 0.4) is 0 Å². The van der Waals surface area contributed by atoms with E-state index in [0.29, 0.717) is 16.1 Å². The first-order valence-electron chi connectivity index (χ1n) is 13.1. The average Bonchev–Trinajstić information content (AvgIpc) is 3.36. The van der Waals surface area contributed by atoms with Crippen molar-refractivity contribution in [1.29, 1.82) is 0 Å². The van der Waals surface area contributed by atoms with Crippen LogP contribution in [0.4, 0.5) is 14.5 Å². The Balaban J connectivity index is 1.88. The maximum atomic E-state index is 15.6. The molecule has 0 fully saturated rings. The molecule has 14 heteroatoms. The SMILES string of the molecule is CCCS(=O)(=O)Nc1ccc(F)c(C(=O)c2cn(C(C)OC(CO)C(=O)CO)c3ncc(-c4ccc(Cl)cc4)cc23)c1F. The first-order valence-corrected chi connectivity index (χ1v) is 15.1. The van der Waals surface area contributed by atoms with E-state index in [2.05, 4.69) is 9.71 Å². The highest BCUT2D eigenvalue weighted by Gasteiger charge is 2.29. The summed E-state index contributed by atoms with van der Waals surface area (Å²) in [6, 6.07) is 9.98. The largest absolute Gasteiger partial charge is 0.393 e. The van der Waals surface area contributed by atoms with Crippen molar-refractivity contribution in [2.75, 3.05) is 23.7 Å². The van der Waals surface area contributed by atoms with E-state index in [9.17, 15) is 28.2 Å². The molecule has 0 bridgehead atoms. The number of aromatic nitrogens is 2. The molecule has 10 nitrogen and oxygen atoms in total. The van der Waals surface area contributed by atoms with E-state index < -0.39 is 70.0 Å². The van der Waals surface area contributed by atoms with Gasteiger partial charge in [0, 0.05) is 28.4 Å². The molecule has 43 heavy (non-hydrogen) atoms. The number of carbonyl (C=O) groups excluding carboxylic acids is 2. The second-order valence-electron chi connectivity index (χ2n) is 9.62. The Morgan fingerprint density at radius 3 is 2.44 bits per heavy atom. The van der Waals surface area contributed by atoms with Crippen molar-refractivity contribution in [3.63, 3.8) is 0 Å². The average molecular weight is 636 g/mol. The number of nitrogens with zero attached hydrogens (tertiary/aromatic N) is 2. The van der Waals surface area contributed by atoms with Gasteiger partial charge in [-0.15, -0.1) is 0 Å². The van der Waals surface area contributed by atoms with Crippen molar-refractivity contribution in [3.05, 3.63) is 82.6 Å². The number of carbonyl (C=O) groups is 2. The third kappa shape index (κ3) is 6.92. The smallest absolute Gasteiger partial charge is 0.232 e. The zero-order valence-corrected chi connectivity index (χ0v) is 24.6. The Labute approximate surface area is 250 Å². The zero-order chi connectivity index (χ0) is 31.5. The molecule has 0 aliphatic carbocycles. The fourth-order valence-electron chi connectivity index (χ4n) is 4.48. The van der Waals surface area contributed by atoms with Gasteiger partial charge in [0.05, 0.1) is 29.2 Å². The zero-order valence-electron chi connectivity index (χ0n) is 23.1. The van der Waals surface area contributed by atoms with Crippen molar-refractivity contribution in [3.8, 4) is 11.1 Å². The number of nitrogens with one attached hydrogen (secondary N) is 1. The fourth-order valence-corrected chi connectivity index (χ4v) is 5.74. The number of hydrogen-bond acceptors (Lipinski definition) is 8. The van der Waals surface area contributed by atoms with Crippen LogP contribution in [0.25, 0.3) is 22.2 Å². The van der Waals surface area contributed by atoms with E-state index in [4.69, 9.17) is 16.3 Å². The molecule has 4 rings (SSSR count). The second kappa shape index (κ2) is 13.3. The van der Waals surface area contributed by atoms with Crippen LogP contribution in [-0.2, 0) is 19.6 Å². The number of benzene rings is 2. The lowest BCUT2D eigenvalue weighted by molar-refractivity contribution is -0.144. The van der Waals surface area contributed by atoms with E-state index in [1.807, 2.05) is 0 Å². The lowest BCUT2D eigenvalue weighted by Gasteiger charge is -2.21. The lowest BCUT2D eigenvalue weighted by atomic mass is 10.00. The number of ketones is 2. The highest BCUT2D eigenvalue weighted by Crippen LogP contribution is 2.33. The third-order valence-electron chi connectivity index (χ3n) is 6.58. The molecule has 2 atom stereocenters. The van der Waals surface area contributed by atoms with Gasteiger partial charge in [0.25, 0.3) is 0 Å². The molecular formula is C29H28ClF2N3O7S. The maximum Gasteiger partial charge on any atom is 0.232 e. The number of rotatable bonds is 13. The number of pyridine rings is 1. The first kappa shape index (κ1) is 32.2. The summed E-state index contributed by atoms with van der Waals surface area (Å²) in [6.07, 6.45) is 0.532. The maximum absolute atomic E-state index is 15.6. The highest BCUT2D eigenvalue weighted by atomic mass is 35.5. The Morgan fingerprint density at radius 2 is 1.81 bits per heavy atom. The molecule has 228 valence electrons. The number of hydrogen-bond donors (Lipinski definition) is 3. The molecular weight excluding hydrogens is 608 g/mol. The summed E-state index contributed by atoms with van der Waals surface area (Å²) < 4.78 is 64.2. The minimum Gasteiger partial charge on any atom is -0.393 e. The summed E-state index contributed by atoms with van der Waals surface area (Å²) in [4.78, 5) is 30.3. The van der Waals surface area contributed by atoms with Crippen LogP contribution in [0.1, 0.15) is 42.4 Å². The van der Waals surface area contributed by atoms with E-state index in [0.717, 1.165) is 12.1 Å². The molecule has 2 aromatic carbocycles. The number of fused-ring (bicyclic) bond motifs is 1. The van der Waals surface area contributed by atoms with Gasteiger partial charge >= 0.3 is 0 Å². The Kier molecular flexibility index (Phi) is 9.93. The predicted octanol–water partition coefficient (Wildman–Crippen LogP) is 4.48. The quantitative estimate of drug-likeness (QED) is 0.182. The van der Waals surface area contributed by atoms with Crippen molar-refractivity contribution in [2.24, 2.45) is 0 Å².